The van der Waals surface area contributed by atoms with Crippen LogP contribution >= 0.6 is 0 Å². The van der Waals surface area contributed by atoms with Crippen molar-refractivity contribution in [3.8, 4) is 5.75 Å². The van der Waals surface area contributed by atoms with Gasteiger partial charge < -0.3 is 10.1 Å². The third-order valence-electron chi connectivity index (χ3n) is 5.76. The van der Waals surface area contributed by atoms with Crippen molar-refractivity contribution >= 4 is 21.6 Å². The minimum atomic E-state index is -3.50. The van der Waals surface area contributed by atoms with Gasteiger partial charge >= 0.3 is 0 Å². The van der Waals surface area contributed by atoms with Gasteiger partial charge in [-0.15, -0.1) is 0 Å². The highest BCUT2D eigenvalue weighted by Gasteiger charge is 2.25. The van der Waals surface area contributed by atoms with E-state index >= 15 is 0 Å². The summed E-state index contributed by atoms with van der Waals surface area (Å²) < 4.78 is 33.0. The molecule has 0 spiro atoms. The van der Waals surface area contributed by atoms with Crippen molar-refractivity contribution in [2.24, 2.45) is 0 Å². The molecule has 2 aromatic rings. The van der Waals surface area contributed by atoms with Crippen molar-refractivity contribution in [1.82, 2.24) is 4.31 Å². The molecule has 7 heteroatoms. The van der Waals surface area contributed by atoms with Gasteiger partial charge in [-0.25, -0.2) is 8.42 Å². The summed E-state index contributed by atoms with van der Waals surface area (Å²) in [5, 5.41) is 2.77. The molecule has 1 fully saturated rings. The van der Waals surface area contributed by atoms with Crippen LogP contribution in [-0.2, 0) is 14.8 Å². The Morgan fingerprint density at radius 3 is 2.32 bits per heavy atom. The lowest BCUT2D eigenvalue weighted by molar-refractivity contribution is -0.118. The number of carbonyl (C=O) groups excluding carboxylic acids is 1. The molecule has 168 valence electrons. The average Bonchev–Trinajstić information content (AvgIpc) is 3.08. The average molecular weight is 445 g/mol. The highest BCUT2D eigenvalue weighted by Crippen LogP contribution is 2.28. The summed E-state index contributed by atoms with van der Waals surface area (Å²) in [6.45, 7) is 5.27. The highest BCUT2D eigenvalue weighted by molar-refractivity contribution is 7.89. The van der Waals surface area contributed by atoms with Crippen LogP contribution in [0.5, 0.6) is 5.75 Å². The molecule has 0 unspecified atom stereocenters. The molecule has 1 saturated heterocycles. The van der Waals surface area contributed by atoms with E-state index in [9.17, 15) is 13.2 Å². The second-order valence-corrected chi connectivity index (χ2v) is 9.96. The topological polar surface area (TPSA) is 75.7 Å². The number of para-hydroxylation sites is 1. The molecule has 1 N–H and O–H groups in total. The van der Waals surface area contributed by atoms with E-state index in [1.807, 2.05) is 24.3 Å². The molecule has 1 aliphatic heterocycles. The van der Waals surface area contributed by atoms with Gasteiger partial charge in [0.25, 0.3) is 5.91 Å². The number of nitrogens with one attached hydrogen (secondary N) is 1. The Hall–Kier alpha value is -2.38. The van der Waals surface area contributed by atoms with Crippen LogP contribution in [-0.4, -0.2) is 38.3 Å². The predicted octanol–water partition coefficient (Wildman–Crippen LogP) is 4.78. The van der Waals surface area contributed by atoms with Crippen LogP contribution in [0.3, 0.4) is 0 Å². The van der Waals surface area contributed by atoms with Gasteiger partial charge in [-0.1, -0.05) is 44.9 Å². The normalized spacial score (nSPS) is 16.3. The summed E-state index contributed by atoms with van der Waals surface area (Å²) in [6.07, 6.45) is 4.92. The zero-order valence-electron chi connectivity index (χ0n) is 18.3. The number of hydrogen-bond acceptors (Lipinski definition) is 4. The van der Waals surface area contributed by atoms with Crippen LogP contribution in [0, 0.1) is 0 Å². The quantitative estimate of drug-likeness (QED) is 0.636. The lowest BCUT2D eigenvalue weighted by Crippen LogP contribution is -2.31. The van der Waals surface area contributed by atoms with Crippen molar-refractivity contribution in [1.29, 1.82) is 0 Å². The largest absolute Gasteiger partial charge is 0.483 e. The fourth-order valence-corrected chi connectivity index (χ4v) is 5.24. The zero-order valence-corrected chi connectivity index (χ0v) is 19.2. The zero-order chi connectivity index (χ0) is 22.3. The lowest BCUT2D eigenvalue weighted by Gasteiger charge is -2.20. The van der Waals surface area contributed by atoms with Gasteiger partial charge in [-0.05, 0) is 61.1 Å². The summed E-state index contributed by atoms with van der Waals surface area (Å²) in [7, 11) is -3.50. The summed E-state index contributed by atoms with van der Waals surface area (Å²) in [6, 6.07) is 14.1. The van der Waals surface area contributed by atoms with E-state index in [4.69, 9.17) is 4.74 Å². The van der Waals surface area contributed by atoms with Crippen molar-refractivity contribution in [3.63, 3.8) is 0 Å². The van der Waals surface area contributed by atoms with E-state index in [-0.39, 0.29) is 17.4 Å². The summed E-state index contributed by atoms with van der Waals surface area (Å²) >= 11 is 0. The summed E-state index contributed by atoms with van der Waals surface area (Å²) in [5.41, 5.74) is 1.62. The molecule has 31 heavy (non-hydrogen) atoms. The van der Waals surface area contributed by atoms with Crippen molar-refractivity contribution in [2.75, 3.05) is 25.0 Å². The Labute approximate surface area is 185 Å². The monoisotopic (exact) mass is 444 g/mol. The number of ether oxygens (including phenoxy) is 1. The highest BCUT2D eigenvalue weighted by atomic mass is 32.2. The van der Waals surface area contributed by atoms with Gasteiger partial charge in [-0.3, -0.25) is 4.79 Å². The Kier molecular flexibility index (Phi) is 8.09. The minimum Gasteiger partial charge on any atom is -0.483 e. The first-order valence-corrected chi connectivity index (χ1v) is 12.5. The van der Waals surface area contributed by atoms with Crippen LogP contribution in [0.2, 0.25) is 0 Å². The Balaban J connectivity index is 1.59. The maximum absolute atomic E-state index is 12.9. The molecule has 3 rings (SSSR count). The van der Waals surface area contributed by atoms with Gasteiger partial charge in [0, 0.05) is 18.8 Å². The van der Waals surface area contributed by atoms with Gasteiger partial charge in [0.05, 0.1) is 4.90 Å². The molecular weight excluding hydrogens is 412 g/mol. The number of amides is 1. The van der Waals surface area contributed by atoms with Crippen LogP contribution in [0.25, 0.3) is 0 Å². The second-order valence-electron chi connectivity index (χ2n) is 8.03. The molecule has 1 aliphatic rings. The third-order valence-corrected chi connectivity index (χ3v) is 7.67. The lowest BCUT2D eigenvalue weighted by atomic mass is 9.98. The van der Waals surface area contributed by atoms with Gasteiger partial charge in [0.15, 0.2) is 6.61 Å². The second kappa shape index (κ2) is 10.8. The summed E-state index contributed by atoms with van der Waals surface area (Å²) in [5.74, 6) is 0.769. The first-order valence-electron chi connectivity index (χ1n) is 11.0. The van der Waals surface area contributed by atoms with Crippen LogP contribution in [0.1, 0.15) is 57.4 Å². The summed E-state index contributed by atoms with van der Waals surface area (Å²) in [4.78, 5) is 12.6. The number of rotatable bonds is 8. The number of benzene rings is 2. The third kappa shape index (κ3) is 6.08. The molecule has 1 heterocycles. The van der Waals surface area contributed by atoms with Crippen molar-refractivity contribution < 1.29 is 17.9 Å². The number of nitrogens with zero attached hydrogens (tertiary/aromatic N) is 1. The first-order chi connectivity index (χ1) is 14.9. The maximum atomic E-state index is 12.9. The standard InChI is InChI=1S/C24H32N2O4S/c1-3-19(2)22-10-6-7-11-23(22)30-18-24(27)25-20-12-14-21(15-13-20)31(28,29)26-16-8-4-5-9-17-26/h6-7,10-15,19H,3-5,8-9,16-18H2,1-2H3,(H,25,27)/t19-/m0/s1. The van der Waals surface area contributed by atoms with Crippen LogP contribution in [0.15, 0.2) is 53.4 Å². The van der Waals surface area contributed by atoms with E-state index in [0.29, 0.717) is 30.4 Å². The molecule has 0 saturated carbocycles. The molecule has 2 aromatic carbocycles. The van der Waals surface area contributed by atoms with Crippen LogP contribution < -0.4 is 10.1 Å². The van der Waals surface area contributed by atoms with Gasteiger partial charge in [0.2, 0.25) is 10.0 Å². The molecule has 0 aromatic heterocycles. The number of anilines is 1. The molecule has 0 aliphatic carbocycles. The fourth-order valence-electron chi connectivity index (χ4n) is 3.72. The molecule has 0 radical (unpaired) electrons. The Morgan fingerprint density at radius 2 is 1.68 bits per heavy atom. The van der Waals surface area contributed by atoms with E-state index in [2.05, 4.69) is 19.2 Å². The van der Waals surface area contributed by atoms with E-state index in [1.54, 1.807) is 28.6 Å². The van der Waals surface area contributed by atoms with Gasteiger partial charge in [-0.2, -0.15) is 4.31 Å². The van der Waals surface area contributed by atoms with Crippen molar-refractivity contribution in [3.05, 3.63) is 54.1 Å². The molecule has 1 amide bonds. The molecular formula is C24H32N2O4S. The predicted molar refractivity (Wildman–Crippen MR) is 123 cm³/mol. The fraction of sp³-hybridized carbons (Fsp3) is 0.458. The molecule has 6 nitrogen and oxygen atoms in total. The van der Waals surface area contributed by atoms with Crippen molar-refractivity contribution in [2.45, 2.75) is 56.8 Å². The Morgan fingerprint density at radius 1 is 1.03 bits per heavy atom. The van der Waals surface area contributed by atoms with E-state index < -0.39 is 10.0 Å². The van der Waals surface area contributed by atoms with E-state index in [0.717, 1.165) is 37.7 Å². The first kappa shape index (κ1) is 23.3. The van der Waals surface area contributed by atoms with E-state index in [1.165, 1.54) is 0 Å². The Bertz CT molecular complexity index is 965. The SMILES string of the molecule is CC[C@H](C)c1ccccc1OCC(=O)Nc1ccc(S(=O)(=O)N2CCCCCC2)cc1. The smallest absolute Gasteiger partial charge is 0.262 e. The number of sulfonamides is 1. The molecule has 1 atom stereocenters. The molecule has 0 bridgehead atoms. The maximum Gasteiger partial charge on any atom is 0.262 e. The van der Waals surface area contributed by atoms with Gasteiger partial charge in [0.1, 0.15) is 5.75 Å². The number of hydrogen-bond donors (Lipinski definition) is 1. The van der Waals surface area contributed by atoms with Crippen LogP contribution in [0.4, 0.5) is 5.69 Å². The minimum absolute atomic E-state index is 0.110. The number of carbonyl (C=O) groups is 1.